The van der Waals surface area contributed by atoms with Crippen molar-refractivity contribution < 1.29 is 4.74 Å². The summed E-state index contributed by atoms with van der Waals surface area (Å²) in [5.41, 5.74) is 10.3. The summed E-state index contributed by atoms with van der Waals surface area (Å²) in [7, 11) is 0. The number of nitrogen functional groups attached to an aromatic ring is 1. The number of H-pyrrole nitrogens is 1. The van der Waals surface area contributed by atoms with E-state index in [-0.39, 0.29) is 11.0 Å². The lowest BCUT2D eigenvalue weighted by Crippen LogP contribution is -2.18. The molecule has 0 atom stereocenters. The molecule has 0 fully saturated rings. The summed E-state index contributed by atoms with van der Waals surface area (Å²) in [5.74, 6) is 0.744. The summed E-state index contributed by atoms with van der Waals surface area (Å²) in [6.07, 6.45) is 7.17. The van der Waals surface area contributed by atoms with Gasteiger partial charge in [0, 0.05) is 34.6 Å². The zero-order chi connectivity index (χ0) is 19.0. The van der Waals surface area contributed by atoms with Crippen molar-refractivity contribution >= 4 is 17.8 Å². The molecule has 2 aromatic carbocycles. The Morgan fingerprint density at radius 3 is 2.63 bits per heavy atom. The molecule has 1 aliphatic rings. The van der Waals surface area contributed by atoms with Gasteiger partial charge in [-0.25, -0.2) is 4.98 Å². The fourth-order valence-electron chi connectivity index (χ4n) is 3.26. The van der Waals surface area contributed by atoms with E-state index in [0.717, 1.165) is 33.7 Å². The molecule has 0 unspecified atom stereocenters. The van der Waals surface area contributed by atoms with Crippen LogP contribution in [0.5, 0.6) is 5.75 Å². The number of hydrogen-bond acceptors (Lipinski definition) is 4. The molecule has 1 aliphatic heterocycles. The quantitative estimate of drug-likeness (QED) is 0.550. The summed E-state index contributed by atoms with van der Waals surface area (Å²) in [4.78, 5) is 19.3. The lowest BCUT2D eigenvalue weighted by Gasteiger charge is -2.16. The van der Waals surface area contributed by atoms with Gasteiger partial charge in [0.2, 0.25) is 0 Å². The van der Waals surface area contributed by atoms with Crippen LogP contribution in [0.1, 0.15) is 30.5 Å². The van der Waals surface area contributed by atoms with Crippen molar-refractivity contribution in [2.45, 2.75) is 19.3 Å². The molecule has 0 aliphatic carbocycles. The van der Waals surface area contributed by atoms with Gasteiger partial charge >= 0.3 is 0 Å². The molecule has 2 heterocycles. The van der Waals surface area contributed by atoms with Crippen LogP contribution in [0.2, 0.25) is 0 Å². The van der Waals surface area contributed by atoms with E-state index in [1.165, 1.54) is 6.20 Å². The maximum Gasteiger partial charge on any atom is 0.274 e. The zero-order valence-corrected chi connectivity index (χ0v) is 15.3. The average Bonchev–Trinajstić information content (AvgIpc) is 2.96. The highest BCUT2D eigenvalue weighted by atomic mass is 16.5. The molecular formula is C22H21N3O2. The highest BCUT2D eigenvalue weighted by molar-refractivity contribution is 5.78. The number of nitrogens with one attached hydrogen (secondary N) is 1. The summed E-state index contributed by atoms with van der Waals surface area (Å²) in [6.45, 7) is 4.85. The van der Waals surface area contributed by atoms with E-state index in [9.17, 15) is 4.79 Å². The van der Waals surface area contributed by atoms with Crippen molar-refractivity contribution in [3.8, 4) is 17.0 Å². The van der Waals surface area contributed by atoms with E-state index in [1.807, 2.05) is 42.5 Å². The van der Waals surface area contributed by atoms with E-state index in [1.54, 1.807) is 6.20 Å². The smallest absolute Gasteiger partial charge is 0.274 e. The third-order valence-corrected chi connectivity index (χ3v) is 4.79. The van der Waals surface area contributed by atoms with Gasteiger partial charge in [0.15, 0.2) is 0 Å². The minimum atomic E-state index is -0.229. The summed E-state index contributed by atoms with van der Waals surface area (Å²) < 4.78 is 5.95. The minimum Gasteiger partial charge on any atom is -0.492 e. The number of benzene rings is 2. The van der Waals surface area contributed by atoms with Gasteiger partial charge in [-0.15, -0.1) is 0 Å². The van der Waals surface area contributed by atoms with Gasteiger partial charge in [0.05, 0.1) is 6.61 Å². The molecule has 5 nitrogen and oxygen atoms in total. The lowest BCUT2D eigenvalue weighted by molar-refractivity contribution is 0.291. The molecule has 0 radical (unpaired) electrons. The Balaban J connectivity index is 1.84. The van der Waals surface area contributed by atoms with Crippen LogP contribution in [-0.2, 0) is 5.41 Å². The fraction of sp³-hybridized carbons (Fsp3) is 0.182. The molecule has 0 amide bonds. The number of nitrogens with zero attached hydrogens (tertiary/aromatic N) is 1. The second-order valence-corrected chi connectivity index (χ2v) is 7.38. The first kappa shape index (κ1) is 17.1. The lowest BCUT2D eigenvalue weighted by atomic mass is 9.84. The van der Waals surface area contributed by atoms with Crippen LogP contribution in [0.15, 0.2) is 53.6 Å². The number of anilines is 1. The third kappa shape index (κ3) is 3.24. The Morgan fingerprint density at radius 1 is 1.15 bits per heavy atom. The minimum absolute atomic E-state index is 0.128. The number of fused-ring (bicyclic) bond motifs is 1. The predicted octanol–water partition coefficient (Wildman–Crippen LogP) is 3.86. The second-order valence-electron chi connectivity index (χ2n) is 7.38. The van der Waals surface area contributed by atoms with Gasteiger partial charge < -0.3 is 15.5 Å². The molecule has 3 aromatic rings. The highest BCUT2D eigenvalue weighted by Crippen LogP contribution is 2.44. The van der Waals surface area contributed by atoms with Crippen LogP contribution in [0.4, 0.5) is 5.69 Å². The second kappa shape index (κ2) is 6.43. The Kier molecular flexibility index (Phi) is 4.07. The van der Waals surface area contributed by atoms with Crippen LogP contribution >= 0.6 is 0 Å². The first-order valence-electron chi connectivity index (χ1n) is 8.83. The molecule has 0 bridgehead atoms. The molecule has 136 valence electrons. The first-order chi connectivity index (χ1) is 12.9. The Morgan fingerprint density at radius 2 is 1.89 bits per heavy atom. The van der Waals surface area contributed by atoms with Crippen LogP contribution in [0.3, 0.4) is 0 Å². The molecule has 0 saturated heterocycles. The number of aromatic amines is 1. The summed E-state index contributed by atoms with van der Waals surface area (Å²) in [5, 5.41) is 0. The normalized spacial score (nSPS) is 14.9. The van der Waals surface area contributed by atoms with Gasteiger partial charge in [-0.3, -0.25) is 4.79 Å². The molecule has 0 spiro atoms. The molecule has 3 N–H and O–H groups in total. The molecule has 5 heteroatoms. The van der Waals surface area contributed by atoms with Crippen molar-refractivity contribution in [2.24, 2.45) is 0 Å². The van der Waals surface area contributed by atoms with Gasteiger partial charge in [-0.05, 0) is 35.4 Å². The molecule has 4 rings (SSSR count). The Hall–Kier alpha value is -3.34. The standard InChI is InChI=1S/C22H21N3O2/c1-22(2)13-27-20-17(19-21(26)25-10-9-24-19)11-15(12-18(20)22)4-3-14-5-7-16(23)8-6-14/h3-12H,13,23H2,1-2H3,(H,25,26)/b4-3+. The van der Waals surface area contributed by atoms with Gasteiger partial charge in [0.1, 0.15) is 11.4 Å². The molecule has 1 aromatic heterocycles. The first-order valence-corrected chi connectivity index (χ1v) is 8.83. The maximum absolute atomic E-state index is 12.3. The third-order valence-electron chi connectivity index (χ3n) is 4.79. The molecule has 0 saturated carbocycles. The highest BCUT2D eigenvalue weighted by Gasteiger charge is 2.34. The van der Waals surface area contributed by atoms with Crippen molar-refractivity contribution in [3.63, 3.8) is 0 Å². The number of rotatable bonds is 3. The Labute approximate surface area is 157 Å². The van der Waals surface area contributed by atoms with Crippen LogP contribution < -0.4 is 16.0 Å². The van der Waals surface area contributed by atoms with Gasteiger partial charge in [-0.1, -0.05) is 38.1 Å². The zero-order valence-electron chi connectivity index (χ0n) is 15.3. The van der Waals surface area contributed by atoms with Crippen molar-refractivity contribution in [1.29, 1.82) is 0 Å². The van der Waals surface area contributed by atoms with Crippen molar-refractivity contribution in [2.75, 3.05) is 12.3 Å². The largest absolute Gasteiger partial charge is 0.492 e. The van der Waals surface area contributed by atoms with Crippen LogP contribution in [0.25, 0.3) is 23.4 Å². The van der Waals surface area contributed by atoms with Crippen LogP contribution in [0, 0.1) is 0 Å². The fourth-order valence-corrected chi connectivity index (χ4v) is 3.26. The Bertz CT molecular complexity index is 1080. The monoisotopic (exact) mass is 359 g/mol. The molecular weight excluding hydrogens is 338 g/mol. The summed E-state index contributed by atoms with van der Waals surface area (Å²) in [6, 6.07) is 11.8. The van der Waals surface area contributed by atoms with Crippen LogP contribution in [-0.4, -0.2) is 16.6 Å². The SMILES string of the molecule is CC1(C)COc2c(-c3ncc[nH]c3=O)cc(/C=C/c3ccc(N)cc3)cc21. The number of nitrogens with two attached hydrogens (primary N) is 1. The van der Waals surface area contributed by atoms with Gasteiger partial charge in [-0.2, -0.15) is 0 Å². The van der Waals surface area contributed by atoms with E-state index < -0.39 is 0 Å². The summed E-state index contributed by atoms with van der Waals surface area (Å²) >= 11 is 0. The average molecular weight is 359 g/mol. The topological polar surface area (TPSA) is 81.0 Å². The maximum atomic E-state index is 12.3. The van der Waals surface area contributed by atoms with Crippen molar-refractivity contribution in [3.05, 3.63) is 75.8 Å². The predicted molar refractivity (Wildman–Crippen MR) is 109 cm³/mol. The van der Waals surface area contributed by atoms with E-state index in [4.69, 9.17) is 10.5 Å². The van der Waals surface area contributed by atoms with Gasteiger partial charge in [0.25, 0.3) is 5.56 Å². The van der Waals surface area contributed by atoms with Crippen molar-refractivity contribution in [1.82, 2.24) is 9.97 Å². The number of hydrogen-bond donors (Lipinski definition) is 2. The molecule has 27 heavy (non-hydrogen) atoms. The van der Waals surface area contributed by atoms with E-state index in [0.29, 0.717) is 12.3 Å². The van der Waals surface area contributed by atoms with E-state index >= 15 is 0 Å². The van der Waals surface area contributed by atoms with E-state index in [2.05, 4.69) is 29.9 Å². The number of ether oxygens (including phenoxy) is 1. The number of aromatic nitrogens is 2.